The van der Waals surface area contributed by atoms with E-state index in [1.807, 2.05) is 62.4 Å². The Morgan fingerprint density at radius 2 is 1.11 bits per heavy atom. The molecule has 3 heterocycles. The molecule has 13 heteroatoms. The van der Waals surface area contributed by atoms with Crippen LogP contribution in [0, 0.1) is 13.8 Å². The predicted octanol–water partition coefficient (Wildman–Crippen LogP) is 5.08. The average molecular weight is 581 g/mol. The number of amides is 4. The number of barbiturate groups is 1. The topological polar surface area (TPSA) is 127 Å². The summed E-state index contributed by atoms with van der Waals surface area (Å²) in [5.41, 5.74) is 4.16. The van der Waals surface area contributed by atoms with Gasteiger partial charge in [0.2, 0.25) is 0 Å². The van der Waals surface area contributed by atoms with Gasteiger partial charge < -0.3 is 0 Å². The Balaban J connectivity index is 1.33. The largest absolute Gasteiger partial charge is 0.328 e. The quantitative estimate of drug-likeness (QED) is 0.217. The summed E-state index contributed by atoms with van der Waals surface area (Å²) >= 11 is 5.49. The smallest absolute Gasteiger partial charge is 0.273 e. The van der Waals surface area contributed by atoms with Gasteiger partial charge in [-0.05, 0) is 13.8 Å². The highest BCUT2D eigenvalue weighted by Crippen LogP contribution is 2.39. The van der Waals surface area contributed by atoms with Crippen molar-refractivity contribution in [1.82, 2.24) is 31.0 Å². The molecule has 0 bridgehead atoms. The number of carbonyl (C=O) groups is 3. The molecule has 1 aliphatic heterocycles. The molecular formula is C25H20N6O3S4. The summed E-state index contributed by atoms with van der Waals surface area (Å²) in [5.74, 6) is -0.670. The number of thioether (sulfide) groups is 2. The molecule has 0 aliphatic carbocycles. The Morgan fingerprint density at radius 1 is 0.684 bits per heavy atom. The van der Waals surface area contributed by atoms with Crippen LogP contribution in [0.15, 0.2) is 58.3 Å². The van der Waals surface area contributed by atoms with Crippen molar-refractivity contribution < 1.29 is 14.4 Å². The fourth-order valence-corrected chi connectivity index (χ4v) is 7.42. The third-order valence-corrected chi connectivity index (χ3v) is 10.1. The van der Waals surface area contributed by atoms with Crippen LogP contribution in [0.1, 0.15) is 21.1 Å². The average Bonchev–Trinajstić information content (AvgIpc) is 3.56. The number of imide groups is 2. The van der Waals surface area contributed by atoms with E-state index in [1.165, 1.54) is 46.2 Å². The van der Waals surface area contributed by atoms with E-state index >= 15 is 0 Å². The van der Waals surface area contributed by atoms with Crippen LogP contribution in [-0.4, -0.2) is 38.2 Å². The van der Waals surface area contributed by atoms with Crippen LogP contribution in [0.2, 0.25) is 0 Å². The number of rotatable bonds is 8. The number of nitrogens with zero attached hydrogens (tertiary/aromatic N) is 4. The number of hydrogen-bond donors (Lipinski definition) is 2. The maximum Gasteiger partial charge on any atom is 0.328 e. The summed E-state index contributed by atoms with van der Waals surface area (Å²) in [4.78, 5) is 36.8. The van der Waals surface area contributed by atoms with Crippen molar-refractivity contribution in [3.63, 3.8) is 0 Å². The Hall–Kier alpha value is -3.39. The Morgan fingerprint density at radius 3 is 1.53 bits per heavy atom. The van der Waals surface area contributed by atoms with Crippen LogP contribution >= 0.6 is 46.2 Å². The molecule has 4 amide bonds. The lowest BCUT2D eigenvalue weighted by Gasteiger charge is -2.17. The zero-order valence-electron chi connectivity index (χ0n) is 20.2. The molecule has 1 saturated heterocycles. The second-order valence-corrected chi connectivity index (χ2v) is 12.6. The lowest BCUT2D eigenvalue weighted by Crippen LogP contribution is -2.51. The summed E-state index contributed by atoms with van der Waals surface area (Å²) in [6, 6.07) is 15.2. The minimum atomic E-state index is -0.836. The first-order valence-corrected chi connectivity index (χ1v) is 14.9. The fraction of sp³-hybridized carbons (Fsp3) is 0.160. The van der Waals surface area contributed by atoms with Crippen LogP contribution in [0.3, 0.4) is 0 Å². The molecule has 0 radical (unpaired) electrons. The van der Waals surface area contributed by atoms with Crippen molar-refractivity contribution in [2.45, 2.75) is 25.4 Å². The summed E-state index contributed by atoms with van der Waals surface area (Å²) in [6.07, 6.45) is 0. The SMILES string of the molecule is Cc1ccc(-c2nnc(CSC(SCc3nnc(-c4ccc(C)cc4)s3)=C3C(=O)NC(=O)NC3=O)s2)cc1. The summed E-state index contributed by atoms with van der Waals surface area (Å²) in [5, 5.41) is 24.5. The molecule has 5 rings (SSSR count). The van der Waals surface area contributed by atoms with E-state index in [1.54, 1.807) is 0 Å². The highest BCUT2D eigenvalue weighted by molar-refractivity contribution is 8.21. The third kappa shape index (κ3) is 6.18. The molecule has 0 unspecified atom stereocenters. The zero-order valence-corrected chi connectivity index (χ0v) is 23.4. The van der Waals surface area contributed by atoms with E-state index in [4.69, 9.17) is 0 Å². The molecule has 1 fully saturated rings. The lowest BCUT2D eigenvalue weighted by atomic mass is 10.2. The second-order valence-electron chi connectivity index (χ2n) is 8.21. The van der Waals surface area contributed by atoms with Gasteiger partial charge in [-0.3, -0.25) is 20.2 Å². The molecule has 0 atom stereocenters. The van der Waals surface area contributed by atoms with Gasteiger partial charge in [-0.25, -0.2) is 4.79 Å². The molecule has 9 nitrogen and oxygen atoms in total. The van der Waals surface area contributed by atoms with E-state index in [9.17, 15) is 14.4 Å². The first-order chi connectivity index (χ1) is 18.4. The molecule has 0 saturated carbocycles. The van der Waals surface area contributed by atoms with Crippen molar-refractivity contribution in [1.29, 1.82) is 0 Å². The molecule has 0 spiro atoms. The summed E-state index contributed by atoms with van der Waals surface area (Å²) < 4.78 is 0.465. The van der Waals surface area contributed by atoms with Crippen LogP contribution in [0.5, 0.6) is 0 Å². The zero-order chi connectivity index (χ0) is 26.6. The van der Waals surface area contributed by atoms with Gasteiger partial charge in [0.1, 0.15) is 25.6 Å². The number of nitrogens with one attached hydrogen (secondary N) is 2. The fourth-order valence-electron chi connectivity index (χ4n) is 3.34. The Kier molecular flexibility index (Phi) is 7.98. The molecule has 2 aromatic carbocycles. The Bertz CT molecular complexity index is 1430. The maximum absolute atomic E-state index is 12.6. The van der Waals surface area contributed by atoms with Gasteiger partial charge in [-0.15, -0.1) is 43.9 Å². The second kappa shape index (κ2) is 11.6. The van der Waals surface area contributed by atoms with Gasteiger partial charge in [-0.2, -0.15) is 0 Å². The Labute approximate surface area is 234 Å². The van der Waals surface area contributed by atoms with Crippen LogP contribution in [-0.2, 0) is 21.1 Å². The first-order valence-electron chi connectivity index (χ1n) is 11.3. The number of carbonyl (C=O) groups excluding carboxylic acids is 3. The van der Waals surface area contributed by atoms with Crippen molar-refractivity contribution in [3.05, 3.63) is 79.5 Å². The van der Waals surface area contributed by atoms with Gasteiger partial charge >= 0.3 is 6.03 Å². The van der Waals surface area contributed by atoms with Crippen molar-refractivity contribution in [2.24, 2.45) is 0 Å². The summed E-state index contributed by atoms with van der Waals surface area (Å²) in [6.45, 7) is 4.05. The van der Waals surface area contributed by atoms with Gasteiger partial charge in [0.05, 0.1) is 15.7 Å². The molecule has 1 aliphatic rings. The van der Waals surface area contributed by atoms with Gasteiger partial charge in [0.25, 0.3) is 11.8 Å². The van der Waals surface area contributed by atoms with Crippen LogP contribution < -0.4 is 10.6 Å². The highest BCUT2D eigenvalue weighted by atomic mass is 32.2. The minimum Gasteiger partial charge on any atom is -0.273 e. The van der Waals surface area contributed by atoms with Crippen molar-refractivity contribution >= 4 is 64.0 Å². The number of aromatic nitrogens is 4. The first kappa shape index (κ1) is 26.2. The van der Waals surface area contributed by atoms with E-state index in [0.29, 0.717) is 15.7 Å². The van der Waals surface area contributed by atoms with Crippen LogP contribution in [0.4, 0.5) is 4.79 Å². The van der Waals surface area contributed by atoms with Gasteiger partial charge in [-0.1, -0.05) is 82.3 Å². The lowest BCUT2D eigenvalue weighted by molar-refractivity contribution is -0.124. The van der Waals surface area contributed by atoms with Crippen molar-refractivity contribution in [2.75, 3.05) is 0 Å². The molecule has 2 aromatic heterocycles. The number of benzene rings is 2. The van der Waals surface area contributed by atoms with Gasteiger partial charge in [0, 0.05) is 11.1 Å². The number of hydrogen-bond acceptors (Lipinski definition) is 11. The molecule has 2 N–H and O–H groups in total. The molecular weight excluding hydrogens is 561 g/mol. The van der Waals surface area contributed by atoms with E-state index in [2.05, 4.69) is 31.0 Å². The maximum atomic E-state index is 12.6. The van der Waals surface area contributed by atoms with E-state index in [-0.39, 0.29) is 5.57 Å². The monoisotopic (exact) mass is 580 g/mol. The van der Waals surface area contributed by atoms with E-state index < -0.39 is 17.8 Å². The van der Waals surface area contributed by atoms with Crippen LogP contribution in [0.25, 0.3) is 21.1 Å². The number of urea groups is 1. The third-order valence-electron chi connectivity index (χ3n) is 5.30. The normalized spacial score (nSPS) is 13.4. The molecule has 4 aromatic rings. The minimum absolute atomic E-state index is 0.105. The van der Waals surface area contributed by atoms with Crippen molar-refractivity contribution in [3.8, 4) is 21.1 Å². The molecule has 38 heavy (non-hydrogen) atoms. The standard InChI is InChI=1S/C25H20N6O3S4/c1-13-3-7-15(8-4-13)22-30-28-17(37-22)11-35-24(19-20(32)26-25(34)27-21(19)33)36-12-18-29-31-23(38-18)16-9-5-14(2)6-10-16/h3-10H,11-12H2,1-2H3,(H2,26,27,32,33,34). The number of aryl methyl sites for hydroxylation is 2. The molecule has 192 valence electrons. The highest BCUT2D eigenvalue weighted by Gasteiger charge is 2.32. The predicted molar refractivity (Wildman–Crippen MR) is 151 cm³/mol. The van der Waals surface area contributed by atoms with E-state index in [0.717, 1.165) is 42.3 Å². The van der Waals surface area contributed by atoms with Gasteiger partial charge in [0.15, 0.2) is 0 Å². The summed E-state index contributed by atoms with van der Waals surface area (Å²) in [7, 11) is 0.